The molecule has 2 unspecified atom stereocenters. The molecular weight excluding hydrogens is 1230 g/mol. The molecule has 0 N–H and O–H groups in total. The second-order valence-electron chi connectivity index (χ2n) is 28.1. The first kappa shape index (κ1) is 93.9. The van der Waals surface area contributed by atoms with Gasteiger partial charge in [-0.15, -0.1) is 0 Å². The average Bonchev–Trinajstić information content (AvgIpc) is 1.23. The number of nitrogens with zero attached hydrogens (tertiary/aromatic N) is 1. The van der Waals surface area contributed by atoms with Gasteiger partial charge in [-0.2, -0.15) is 0 Å². The average molecular weight is 1380 g/mol. The van der Waals surface area contributed by atoms with Gasteiger partial charge in [0.05, 0.1) is 27.7 Å². The number of esters is 2. The van der Waals surface area contributed by atoms with Crippen LogP contribution in [0.4, 0.5) is 0 Å². The monoisotopic (exact) mass is 1380 g/mol. The summed E-state index contributed by atoms with van der Waals surface area (Å²) in [4.78, 5) is 38.2. The number of ether oxygens (including phenoxy) is 2. The molecule has 0 aromatic carbocycles. The van der Waals surface area contributed by atoms with Crippen molar-refractivity contribution < 1.29 is 42.1 Å². The Balaban J connectivity index is 4.08. The van der Waals surface area contributed by atoms with Crippen LogP contribution in [0.2, 0.25) is 0 Å². The Morgan fingerprint density at radius 1 is 0.327 bits per heavy atom. The van der Waals surface area contributed by atoms with E-state index in [0.29, 0.717) is 17.4 Å². The van der Waals surface area contributed by atoms with Crippen LogP contribution < -0.4 is 4.89 Å². The van der Waals surface area contributed by atoms with Crippen LogP contribution in [0.5, 0.6) is 0 Å². The second kappa shape index (κ2) is 77.1. The van der Waals surface area contributed by atoms with Crippen molar-refractivity contribution in [3.63, 3.8) is 0 Å². The standard InChI is InChI=1S/C88H152NO8P/c1-6-8-10-12-14-16-18-20-22-24-26-28-30-32-34-36-38-40-42-43-44-45-47-49-51-53-55-57-59-61-63-65-67-69-71-73-75-77-79-81-88(91)97-86(85-96-98(92,93)95-83-82-89(3,4)5)84-94-87(90)80-78-76-74-72-70-68-66-64-62-60-58-56-54-52-50-48-46-41-39-37-35-33-31-29-27-25-23-21-19-17-15-13-11-9-7-2/h8,10,14,16,20,22,26,28,32,34,38,40,43-44,47,49,53,55,59,61,65,67,71,73,86H,6-7,9,11-13,15,17-19,21,23-25,27,29-31,33,35-37,39,41-42,45-46,48,50-52,54,56-58,60,62-64,66,68-70,72,74-85H2,1-5H3/b10-8-,16-14-,22-20-,28-26-,34-32-,40-38-,44-43-,49-47-,55-53-,61-59-,67-65-,73-71-. The van der Waals surface area contributed by atoms with Gasteiger partial charge in [-0.3, -0.25) is 14.2 Å². The number of phosphoric acid groups is 1. The van der Waals surface area contributed by atoms with E-state index in [1.165, 1.54) is 205 Å². The summed E-state index contributed by atoms with van der Waals surface area (Å²) in [6.45, 7) is 4.11. The highest BCUT2D eigenvalue weighted by atomic mass is 31.2. The third kappa shape index (κ3) is 80.9. The number of hydrogen-bond donors (Lipinski definition) is 0. The lowest BCUT2D eigenvalue weighted by Gasteiger charge is -2.28. The highest BCUT2D eigenvalue weighted by Crippen LogP contribution is 2.38. The normalized spacial score (nSPS) is 13.8. The lowest BCUT2D eigenvalue weighted by atomic mass is 10.0. The number of quaternary nitrogens is 1. The molecule has 0 saturated heterocycles. The van der Waals surface area contributed by atoms with Crippen molar-refractivity contribution in [2.45, 2.75) is 354 Å². The number of likely N-dealkylation sites (N-methyl/N-ethyl adjacent to an activating group) is 1. The molecule has 0 spiro atoms. The van der Waals surface area contributed by atoms with E-state index >= 15 is 0 Å². The van der Waals surface area contributed by atoms with Gasteiger partial charge >= 0.3 is 11.9 Å². The molecule has 9 nitrogen and oxygen atoms in total. The Morgan fingerprint density at radius 2 is 0.582 bits per heavy atom. The Hall–Kier alpha value is -4.11. The van der Waals surface area contributed by atoms with Crippen molar-refractivity contribution >= 4 is 19.8 Å². The predicted octanol–water partition coefficient (Wildman–Crippen LogP) is 26.6. The van der Waals surface area contributed by atoms with Crippen molar-refractivity contribution in [3.8, 4) is 0 Å². The first-order chi connectivity index (χ1) is 48.0. The SMILES string of the molecule is CC/C=C\C/C=C\C/C=C\C/C=C\C/C=C\C/C=C\C/C=C\C/C=C\C/C=C\C/C=C\C/C=C\C/C=C\CCCCC(=O)OC(COC(=O)CCCCCCCCCCCCCCCCCCCCCCCCCCCCCCCCCCCCC)COP(=O)([O-])OCC[N+](C)(C)C. The van der Waals surface area contributed by atoms with Crippen LogP contribution in [-0.4, -0.2) is 70.0 Å². The number of unbranched alkanes of at least 4 members (excludes halogenated alkanes) is 36. The van der Waals surface area contributed by atoms with E-state index in [0.717, 1.165) is 109 Å². The fraction of sp³-hybridized carbons (Fsp3) is 0.705. The molecule has 0 rings (SSSR count). The Labute approximate surface area is 605 Å². The largest absolute Gasteiger partial charge is 0.756 e. The van der Waals surface area contributed by atoms with E-state index in [-0.39, 0.29) is 26.1 Å². The van der Waals surface area contributed by atoms with E-state index in [1.54, 1.807) is 0 Å². The summed E-state index contributed by atoms with van der Waals surface area (Å²) in [6.07, 6.45) is 114. The lowest BCUT2D eigenvalue weighted by Crippen LogP contribution is -2.37. The van der Waals surface area contributed by atoms with E-state index in [2.05, 4.69) is 160 Å². The van der Waals surface area contributed by atoms with Crippen molar-refractivity contribution in [1.29, 1.82) is 0 Å². The topological polar surface area (TPSA) is 111 Å². The Kier molecular flexibility index (Phi) is 73.8. The molecule has 2 atom stereocenters. The van der Waals surface area contributed by atoms with Crippen molar-refractivity contribution in [2.75, 3.05) is 47.5 Å². The molecule has 0 aliphatic rings. The first-order valence-electron chi connectivity index (χ1n) is 40.5. The number of allylic oxidation sites excluding steroid dienone is 24. The molecule has 98 heavy (non-hydrogen) atoms. The van der Waals surface area contributed by atoms with Crippen LogP contribution in [0.3, 0.4) is 0 Å². The van der Waals surface area contributed by atoms with Gasteiger partial charge in [0.2, 0.25) is 0 Å². The zero-order valence-electron chi connectivity index (χ0n) is 64.2. The summed E-state index contributed by atoms with van der Waals surface area (Å²) in [5.41, 5.74) is 0. The summed E-state index contributed by atoms with van der Waals surface area (Å²) in [5, 5.41) is 0. The van der Waals surface area contributed by atoms with Crippen LogP contribution in [0.15, 0.2) is 146 Å². The third-order valence-corrected chi connectivity index (χ3v) is 18.3. The maximum absolute atomic E-state index is 12.9. The summed E-state index contributed by atoms with van der Waals surface area (Å²) in [5.74, 6) is -0.881. The van der Waals surface area contributed by atoms with Gasteiger partial charge in [0.15, 0.2) is 6.10 Å². The van der Waals surface area contributed by atoms with Gasteiger partial charge in [0.25, 0.3) is 7.82 Å². The molecule has 0 amide bonds. The number of hydrogen-bond acceptors (Lipinski definition) is 8. The summed E-state index contributed by atoms with van der Waals surface area (Å²) < 4.78 is 34.3. The van der Waals surface area contributed by atoms with Gasteiger partial charge < -0.3 is 27.9 Å². The predicted molar refractivity (Wildman–Crippen MR) is 424 cm³/mol. The fourth-order valence-corrected chi connectivity index (χ4v) is 12.0. The lowest BCUT2D eigenvalue weighted by molar-refractivity contribution is -0.870. The first-order valence-corrected chi connectivity index (χ1v) is 42.0. The van der Waals surface area contributed by atoms with Crippen LogP contribution in [0.1, 0.15) is 348 Å². The molecule has 0 radical (unpaired) electrons. The number of rotatable bonds is 74. The third-order valence-electron chi connectivity index (χ3n) is 17.4. The minimum absolute atomic E-state index is 0.0453. The van der Waals surface area contributed by atoms with Crippen molar-refractivity contribution in [3.05, 3.63) is 146 Å². The van der Waals surface area contributed by atoms with E-state index in [4.69, 9.17) is 18.5 Å². The minimum Gasteiger partial charge on any atom is -0.756 e. The molecule has 562 valence electrons. The number of carbonyl (C=O) groups excluding carboxylic acids is 2. The van der Waals surface area contributed by atoms with Crippen molar-refractivity contribution in [2.24, 2.45) is 0 Å². The molecule has 0 heterocycles. The van der Waals surface area contributed by atoms with Gasteiger partial charge in [0.1, 0.15) is 19.8 Å². The van der Waals surface area contributed by atoms with Crippen molar-refractivity contribution in [1.82, 2.24) is 0 Å². The molecule has 0 fully saturated rings. The number of carbonyl (C=O) groups is 2. The number of phosphoric ester groups is 1. The maximum atomic E-state index is 12.9. The van der Waals surface area contributed by atoms with Crippen LogP contribution in [0.25, 0.3) is 0 Å². The van der Waals surface area contributed by atoms with Gasteiger partial charge in [-0.05, 0) is 103 Å². The van der Waals surface area contributed by atoms with Crippen LogP contribution in [0, 0.1) is 0 Å². The van der Waals surface area contributed by atoms with Crippen LogP contribution in [-0.2, 0) is 32.7 Å². The highest BCUT2D eigenvalue weighted by molar-refractivity contribution is 7.45. The van der Waals surface area contributed by atoms with Crippen LogP contribution >= 0.6 is 7.82 Å². The Morgan fingerprint density at radius 3 is 0.867 bits per heavy atom. The summed E-state index contributed by atoms with van der Waals surface area (Å²) >= 11 is 0. The molecule has 0 saturated carbocycles. The van der Waals surface area contributed by atoms with E-state index in [9.17, 15) is 19.0 Å². The molecule has 0 aliphatic heterocycles. The molecule has 0 aromatic heterocycles. The molecule has 0 bridgehead atoms. The second-order valence-corrected chi connectivity index (χ2v) is 29.5. The minimum atomic E-state index is -4.67. The summed E-state index contributed by atoms with van der Waals surface area (Å²) in [6, 6.07) is 0. The molecular formula is C88H152NO8P. The van der Waals surface area contributed by atoms with Gasteiger partial charge in [-0.25, -0.2) is 0 Å². The zero-order valence-corrected chi connectivity index (χ0v) is 65.1. The molecule has 0 aromatic rings. The maximum Gasteiger partial charge on any atom is 0.306 e. The molecule has 0 aliphatic carbocycles. The quantitative estimate of drug-likeness (QED) is 0.0195. The molecule has 10 heteroatoms. The smallest absolute Gasteiger partial charge is 0.306 e. The van der Waals surface area contributed by atoms with E-state index < -0.39 is 32.5 Å². The zero-order chi connectivity index (χ0) is 71.1. The highest BCUT2D eigenvalue weighted by Gasteiger charge is 2.22. The fourth-order valence-electron chi connectivity index (χ4n) is 11.2. The summed E-state index contributed by atoms with van der Waals surface area (Å²) in [7, 11) is 1.13. The van der Waals surface area contributed by atoms with Gasteiger partial charge in [0, 0.05) is 12.8 Å². The Bertz CT molecular complexity index is 2170. The van der Waals surface area contributed by atoms with Gasteiger partial charge in [-0.1, -0.05) is 378 Å². The van der Waals surface area contributed by atoms with E-state index in [1.807, 2.05) is 21.1 Å².